The molecule has 1 unspecified atom stereocenters. The minimum absolute atomic E-state index is 0.271. The number of hydrogen-bond acceptors (Lipinski definition) is 4. The molecule has 1 amide bonds. The first-order valence-electron chi connectivity index (χ1n) is 5.77. The third-order valence-corrected chi connectivity index (χ3v) is 3.61. The van der Waals surface area contributed by atoms with E-state index in [2.05, 4.69) is 14.9 Å². The molecule has 0 aliphatic carbocycles. The van der Waals surface area contributed by atoms with Gasteiger partial charge in [-0.05, 0) is 24.1 Å². The summed E-state index contributed by atoms with van der Waals surface area (Å²) in [6.07, 6.45) is 3.30. The Morgan fingerprint density at radius 3 is 3.12 bits per heavy atom. The van der Waals surface area contributed by atoms with Crippen molar-refractivity contribution in [2.24, 2.45) is 0 Å². The zero-order chi connectivity index (χ0) is 11.8. The highest BCUT2D eigenvalue weighted by molar-refractivity contribution is 6.28. The number of carbonyl (C=O) groups excluding carboxylic acids is 1. The van der Waals surface area contributed by atoms with E-state index in [9.17, 15) is 4.79 Å². The second-order valence-electron chi connectivity index (χ2n) is 4.41. The summed E-state index contributed by atoms with van der Waals surface area (Å²) in [7, 11) is 0. The van der Waals surface area contributed by atoms with Crippen molar-refractivity contribution in [1.82, 2.24) is 14.9 Å². The van der Waals surface area contributed by atoms with Gasteiger partial charge in [0.15, 0.2) is 0 Å². The normalized spacial score (nSPS) is 24.1. The van der Waals surface area contributed by atoms with Gasteiger partial charge in [-0.25, -0.2) is 9.97 Å². The molecule has 6 heteroatoms. The van der Waals surface area contributed by atoms with E-state index >= 15 is 0 Å². The molecule has 3 rings (SSSR count). The average molecular weight is 253 g/mol. The Morgan fingerprint density at radius 2 is 2.29 bits per heavy atom. The second kappa shape index (κ2) is 4.14. The van der Waals surface area contributed by atoms with Gasteiger partial charge < -0.3 is 9.80 Å². The fraction of sp³-hybridized carbons (Fsp3) is 0.545. The lowest BCUT2D eigenvalue weighted by atomic mass is 10.1. The van der Waals surface area contributed by atoms with Gasteiger partial charge in [0, 0.05) is 38.3 Å². The topological polar surface area (TPSA) is 49.3 Å². The van der Waals surface area contributed by atoms with Gasteiger partial charge in [0.25, 0.3) is 0 Å². The smallest absolute Gasteiger partial charge is 0.224 e. The molecule has 1 aromatic heterocycles. The average Bonchev–Trinajstić information content (AvgIpc) is 2.71. The fourth-order valence-electron chi connectivity index (χ4n) is 2.57. The molecule has 0 radical (unpaired) electrons. The Labute approximate surface area is 104 Å². The monoisotopic (exact) mass is 252 g/mol. The zero-order valence-corrected chi connectivity index (χ0v) is 10.1. The number of hydrogen-bond donors (Lipinski definition) is 0. The van der Waals surface area contributed by atoms with Gasteiger partial charge in [-0.3, -0.25) is 4.79 Å². The molecule has 1 aromatic rings. The first-order valence-corrected chi connectivity index (χ1v) is 6.15. The van der Waals surface area contributed by atoms with Crippen molar-refractivity contribution in [1.29, 1.82) is 0 Å². The highest BCUT2D eigenvalue weighted by atomic mass is 35.5. The van der Waals surface area contributed by atoms with Crippen LogP contribution in [0, 0.1) is 0 Å². The first-order chi connectivity index (χ1) is 8.24. The maximum Gasteiger partial charge on any atom is 0.224 e. The van der Waals surface area contributed by atoms with Crippen LogP contribution in [0.15, 0.2) is 12.3 Å². The number of piperazine rings is 1. The summed E-state index contributed by atoms with van der Waals surface area (Å²) in [4.78, 5) is 23.8. The summed E-state index contributed by atoms with van der Waals surface area (Å²) in [6.45, 7) is 2.44. The lowest BCUT2D eigenvalue weighted by molar-refractivity contribution is -0.129. The van der Waals surface area contributed by atoms with Crippen LogP contribution in [-0.4, -0.2) is 46.5 Å². The van der Waals surface area contributed by atoms with Crippen LogP contribution in [0.5, 0.6) is 0 Å². The van der Waals surface area contributed by atoms with E-state index in [0.717, 1.165) is 31.9 Å². The van der Waals surface area contributed by atoms with Gasteiger partial charge in [0.1, 0.15) is 5.82 Å². The van der Waals surface area contributed by atoms with E-state index in [4.69, 9.17) is 11.6 Å². The number of aromatic nitrogens is 2. The standard InChI is InChI=1S/C11H13ClN4O/c12-11-13-4-3-9(14-11)15-5-6-16-8(7-15)1-2-10(16)17/h3-4,8H,1-2,5-7H2. The van der Waals surface area contributed by atoms with E-state index in [1.807, 2.05) is 11.0 Å². The summed E-state index contributed by atoms with van der Waals surface area (Å²) >= 11 is 5.79. The Morgan fingerprint density at radius 1 is 1.41 bits per heavy atom. The van der Waals surface area contributed by atoms with Crippen molar-refractivity contribution in [2.45, 2.75) is 18.9 Å². The number of fused-ring (bicyclic) bond motifs is 1. The quantitative estimate of drug-likeness (QED) is 0.698. The number of halogens is 1. The van der Waals surface area contributed by atoms with Gasteiger partial charge >= 0.3 is 0 Å². The minimum Gasteiger partial charge on any atom is -0.353 e. The highest BCUT2D eigenvalue weighted by Gasteiger charge is 2.35. The summed E-state index contributed by atoms with van der Waals surface area (Å²) in [5, 5.41) is 0.271. The predicted molar refractivity (Wildman–Crippen MR) is 64.0 cm³/mol. The molecule has 2 aliphatic heterocycles. The van der Waals surface area contributed by atoms with Crippen molar-refractivity contribution in [2.75, 3.05) is 24.5 Å². The molecule has 3 heterocycles. The predicted octanol–water partition coefficient (Wildman–Crippen LogP) is 0.941. The lowest BCUT2D eigenvalue weighted by Gasteiger charge is -2.38. The number of amides is 1. The molecule has 2 saturated heterocycles. The SMILES string of the molecule is O=C1CCC2CN(c3ccnc(Cl)n3)CCN12. The Bertz CT molecular complexity index is 453. The van der Waals surface area contributed by atoms with Crippen LogP contribution >= 0.6 is 11.6 Å². The van der Waals surface area contributed by atoms with Crippen molar-refractivity contribution in [3.63, 3.8) is 0 Å². The summed E-state index contributed by atoms with van der Waals surface area (Å²) in [5.41, 5.74) is 0. The Hall–Kier alpha value is -1.36. The largest absolute Gasteiger partial charge is 0.353 e. The first kappa shape index (κ1) is 10.8. The fourth-order valence-corrected chi connectivity index (χ4v) is 2.72. The van der Waals surface area contributed by atoms with Crippen molar-refractivity contribution in [3.05, 3.63) is 17.5 Å². The van der Waals surface area contributed by atoms with Gasteiger partial charge in [-0.2, -0.15) is 0 Å². The highest BCUT2D eigenvalue weighted by Crippen LogP contribution is 2.25. The number of carbonyl (C=O) groups is 1. The van der Waals surface area contributed by atoms with E-state index in [-0.39, 0.29) is 11.2 Å². The molecule has 5 nitrogen and oxygen atoms in total. The minimum atomic E-state index is 0.271. The molecule has 0 spiro atoms. The van der Waals surface area contributed by atoms with E-state index in [1.165, 1.54) is 0 Å². The summed E-state index contributed by atoms with van der Waals surface area (Å²) < 4.78 is 0. The van der Waals surface area contributed by atoms with Crippen LogP contribution in [0.2, 0.25) is 5.28 Å². The van der Waals surface area contributed by atoms with E-state index in [0.29, 0.717) is 12.5 Å². The molecule has 0 N–H and O–H groups in total. The maximum atomic E-state index is 11.6. The molecule has 2 aliphatic rings. The van der Waals surface area contributed by atoms with Crippen molar-refractivity contribution in [3.8, 4) is 0 Å². The van der Waals surface area contributed by atoms with Crippen LogP contribution < -0.4 is 4.90 Å². The lowest BCUT2D eigenvalue weighted by Crippen LogP contribution is -2.51. The van der Waals surface area contributed by atoms with Crippen molar-refractivity contribution < 1.29 is 4.79 Å². The van der Waals surface area contributed by atoms with Gasteiger partial charge in [0.2, 0.25) is 11.2 Å². The number of rotatable bonds is 1. The van der Waals surface area contributed by atoms with Crippen LogP contribution in [0.1, 0.15) is 12.8 Å². The Balaban J connectivity index is 1.77. The molecule has 0 aromatic carbocycles. The molecular weight excluding hydrogens is 240 g/mol. The number of nitrogens with zero attached hydrogens (tertiary/aromatic N) is 4. The van der Waals surface area contributed by atoms with E-state index in [1.54, 1.807) is 6.20 Å². The van der Waals surface area contributed by atoms with Crippen molar-refractivity contribution >= 4 is 23.3 Å². The molecule has 17 heavy (non-hydrogen) atoms. The molecule has 0 saturated carbocycles. The van der Waals surface area contributed by atoms with Gasteiger partial charge in [-0.1, -0.05) is 0 Å². The second-order valence-corrected chi connectivity index (χ2v) is 4.75. The zero-order valence-electron chi connectivity index (χ0n) is 9.34. The van der Waals surface area contributed by atoms with Gasteiger partial charge in [-0.15, -0.1) is 0 Å². The third kappa shape index (κ3) is 1.95. The van der Waals surface area contributed by atoms with Crippen LogP contribution in [-0.2, 0) is 4.79 Å². The molecule has 1 atom stereocenters. The maximum absolute atomic E-state index is 11.6. The third-order valence-electron chi connectivity index (χ3n) is 3.43. The molecular formula is C11H13ClN4O. The van der Waals surface area contributed by atoms with Crippen LogP contribution in [0.25, 0.3) is 0 Å². The van der Waals surface area contributed by atoms with Crippen LogP contribution in [0.4, 0.5) is 5.82 Å². The van der Waals surface area contributed by atoms with Crippen LogP contribution in [0.3, 0.4) is 0 Å². The summed E-state index contributed by atoms with van der Waals surface area (Å²) in [6, 6.07) is 2.20. The molecule has 90 valence electrons. The Kier molecular flexibility index (Phi) is 2.63. The molecule has 2 fully saturated rings. The number of anilines is 1. The van der Waals surface area contributed by atoms with Gasteiger partial charge in [0.05, 0.1) is 0 Å². The molecule has 0 bridgehead atoms. The van der Waals surface area contributed by atoms with E-state index < -0.39 is 0 Å². The summed E-state index contributed by atoms with van der Waals surface area (Å²) in [5.74, 6) is 1.14.